The molecule has 0 spiro atoms. The Morgan fingerprint density at radius 1 is 1.09 bits per heavy atom. The van der Waals surface area contributed by atoms with Crippen LogP contribution < -0.4 is 10.6 Å². The van der Waals surface area contributed by atoms with E-state index in [-0.39, 0.29) is 12.1 Å². The second-order valence-corrected chi connectivity index (χ2v) is 7.19. The van der Waals surface area contributed by atoms with Gasteiger partial charge < -0.3 is 15.7 Å². The molecule has 1 rings (SSSR count). The summed E-state index contributed by atoms with van der Waals surface area (Å²) in [4.78, 5) is 0. The summed E-state index contributed by atoms with van der Waals surface area (Å²) in [7, 11) is 0. The fourth-order valence-electron chi connectivity index (χ4n) is 2.91. The number of anilines is 2. The van der Waals surface area contributed by atoms with Crippen LogP contribution in [0.2, 0.25) is 0 Å². The van der Waals surface area contributed by atoms with E-state index in [0.717, 1.165) is 29.8 Å². The maximum Gasteiger partial charge on any atom is 0.0682 e. The molecule has 0 fully saturated rings. The summed E-state index contributed by atoms with van der Waals surface area (Å²) in [6, 6.07) is 6.66. The second kappa shape index (κ2) is 9.82. The van der Waals surface area contributed by atoms with Crippen molar-refractivity contribution in [1.29, 1.82) is 0 Å². The van der Waals surface area contributed by atoms with Crippen molar-refractivity contribution in [2.75, 3.05) is 10.6 Å². The van der Waals surface area contributed by atoms with E-state index in [0.29, 0.717) is 6.04 Å². The van der Waals surface area contributed by atoms with Crippen molar-refractivity contribution in [3.05, 3.63) is 23.8 Å². The second-order valence-electron chi connectivity index (χ2n) is 7.19. The quantitative estimate of drug-likeness (QED) is 0.501. The molecule has 1 atom stereocenters. The third kappa shape index (κ3) is 6.82. The number of hydrogen-bond acceptors (Lipinski definition) is 3. The Labute approximate surface area is 142 Å². The van der Waals surface area contributed by atoms with Crippen LogP contribution in [0.25, 0.3) is 0 Å². The molecule has 0 bridgehead atoms. The minimum atomic E-state index is 0.0691. The lowest BCUT2D eigenvalue weighted by atomic mass is 9.96. The fourth-order valence-corrected chi connectivity index (χ4v) is 2.91. The van der Waals surface area contributed by atoms with Gasteiger partial charge in [0.05, 0.1) is 18.0 Å². The third-order valence-electron chi connectivity index (χ3n) is 4.38. The number of benzene rings is 1. The van der Waals surface area contributed by atoms with Crippen LogP contribution in [0.15, 0.2) is 18.2 Å². The van der Waals surface area contributed by atoms with Crippen molar-refractivity contribution in [1.82, 2.24) is 0 Å². The summed E-state index contributed by atoms with van der Waals surface area (Å²) in [5.41, 5.74) is 3.27. The molecule has 0 saturated carbocycles. The number of aliphatic hydroxyl groups excluding tert-OH is 1. The summed E-state index contributed by atoms with van der Waals surface area (Å²) in [6.45, 7) is 11.3. The third-order valence-corrected chi connectivity index (χ3v) is 4.38. The fraction of sp³-hybridized carbons (Fsp3) is 0.700. The van der Waals surface area contributed by atoms with Gasteiger partial charge in [-0.15, -0.1) is 0 Å². The molecule has 0 amide bonds. The van der Waals surface area contributed by atoms with Gasteiger partial charge in [-0.2, -0.15) is 0 Å². The van der Waals surface area contributed by atoms with Gasteiger partial charge in [0.1, 0.15) is 0 Å². The first-order valence-corrected chi connectivity index (χ1v) is 9.24. The highest BCUT2D eigenvalue weighted by molar-refractivity contribution is 5.70. The predicted octanol–water partition coefficient (Wildman–Crippen LogP) is 5.55. The Morgan fingerprint density at radius 2 is 1.83 bits per heavy atom. The van der Waals surface area contributed by atoms with Crippen LogP contribution in [0.1, 0.15) is 78.7 Å². The lowest BCUT2D eigenvalue weighted by Crippen LogP contribution is -2.31. The van der Waals surface area contributed by atoms with E-state index in [4.69, 9.17) is 0 Å². The average Bonchev–Trinajstić information content (AvgIpc) is 2.53. The van der Waals surface area contributed by atoms with Gasteiger partial charge in [-0.3, -0.25) is 0 Å². The number of hydrogen-bond donors (Lipinski definition) is 3. The Kier molecular flexibility index (Phi) is 8.46. The van der Waals surface area contributed by atoms with Crippen LogP contribution in [-0.2, 0) is 6.61 Å². The van der Waals surface area contributed by atoms with Gasteiger partial charge in [-0.25, -0.2) is 0 Å². The van der Waals surface area contributed by atoms with Crippen molar-refractivity contribution < 1.29 is 5.11 Å². The van der Waals surface area contributed by atoms with Gasteiger partial charge in [0.2, 0.25) is 0 Å². The minimum Gasteiger partial charge on any atom is -0.392 e. The molecular formula is C20H36N2O. The minimum absolute atomic E-state index is 0.0691. The van der Waals surface area contributed by atoms with Gasteiger partial charge in [0.25, 0.3) is 0 Å². The smallest absolute Gasteiger partial charge is 0.0682 e. The molecule has 0 heterocycles. The zero-order chi connectivity index (χ0) is 17.3. The van der Waals surface area contributed by atoms with Crippen LogP contribution in [0.5, 0.6) is 0 Å². The van der Waals surface area contributed by atoms with Crippen LogP contribution in [-0.4, -0.2) is 16.7 Å². The summed E-state index contributed by atoms with van der Waals surface area (Å²) in [5.74, 6) is 0. The Morgan fingerprint density at radius 3 is 2.39 bits per heavy atom. The van der Waals surface area contributed by atoms with E-state index >= 15 is 0 Å². The van der Waals surface area contributed by atoms with Crippen LogP contribution in [0, 0.1) is 0 Å². The van der Waals surface area contributed by atoms with Crippen LogP contribution >= 0.6 is 0 Å². The molecule has 1 aromatic rings. The zero-order valence-corrected chi connectivity index (χ0v) is 15.7. The standard InChI is InChI=1S/C20H36N2O/c1-6-9-13-20(4,5)22-18-12-11-16(15-23)14-19(18)21-17(8-3)10-7-2/h11-12,14,17,21-23H,6-10,13,15H2,1-5H3. The molecule has 1 aromatic carbocycles. The normalized spacial score (nSPS) is 13.0. The zero-order valence-electron chi connectivity index (χ0n) is 15.7. The molecule has 0 radical (unpaired) electrons. The summed E-state index contributed by atoms with van der Waals surface area (Å²) >= 11 is 0. The first-order valence-electron chi connectivity index (χ1n) is 9.24. The van der Waals surface area contributed by atoms with E-state index in [1.54, 1.807) is 0 Å². The maximum absolute atomic E-state index is 9.45. The van der Waals surface area contributed by atoms with Crippen molar-refractivity contribution >= 4 is 11.4 Å². The SMILES string of the molecule is CCCCC(C)(C)Nc1ccc(CO)cc1NC(CC)CCC. The number of unbranched alkanes of at least 4 members (excludes halogenated alkanes) is 1. The molecule has 0 aliphatic carbocycles. The van der Waals surface area contributed by atoms with Crippen LogP contribution in [0.4, 0.5) is 11.4 Å². The average molecular weight is 321 g/mol. The topological polar surface area (TPSA) is 44.3 Å². The number of nitrogens with one attached hydrogen (secondary N) is 2. The van der Waals surface area contributed by atoms with Gasteiger partial charge in [0.15, 0.2) is 0 Å². The molecule has 0 aliphatic heterocycles. The van der Waals surface area contributed by atoms with Crippen molar-refractivity contribution in [2.45, 2.75) is 91.3 Å². The Balaban J connectivity index is 2.96. The molecule has 23 heavy (non-hydrogen) atoms. The molecule has 0 saturated heterocycles. The Hall–Kier alpha value is -1.22. The molecule has 1 unspecified atom stereocenters. The summed E-state index contributed by atoms with van der Waals surface area (Å²) in [6.07, 6.45) is 7.04. The molecular weight excluding hydrogens is 284 g/mol. The van der Waals surface area contributed by atoms with Crippen LogP contribution in [0.3, 0.4) is 0 Å². The molecule has 3 heteroatoms. The first-order chi connectivity index (χ1) is 11.0. The predicted molar refractivity (Wildman–Crippen MR) is 102 cm³/mol. The summed E-state index contributed by atoms with van der Waals surface area (Å²) < 4.78 is 0. The van der Waals surface area contributed by atoms with Gasteiger partial charge in [-0.1, -0.05) is 46.1 Å². The highest BCUT2D eigenvalue weighted by Gasteiger charge is 2.19. The van der Waals surface area contributed by atoms with E-state index in [1.165, 1.54) is 25.7 Å². The molecule has 132 valence electrons. The first kappa shape index (κ1) is 19.8. The summed E-state index contributed by atoms with van der Waals surface area (Å²) in [5, 5.41) is 16.8. The maximum atomic E-state index is 9.45. The van der Waals surface area contributed by atoms with Crippen molar-refractivity contribution in [2.24, 2.45) is 0 Å². The number of aliphatic hydroxyl groups is 1. The largest absolute Gasteiger partial charge is 0.392 e. The lowest BCUT2D eigenvalue weighted by molar-refractivity contribution is 0.282. The molecule has 3 nitrogen and oxygen atoms in total. The van der Waals surface area contributed by atoms with Crippen molar-refractivity contribution in [3.63, 3.8) is 0 Å². The van der Waals surface area contributed by atoms with E-state index in [9.17, 15) is 5.11 Å². The number of rotatable bonds is 11. The van der Waals surface area contributed by atoms with Gasteiger partial charge in [0, 0.05) is 11.6 Å². The Bertz CT molecular complexity index is 457. The molecule has 0 aromatic heterocycles. The molecule has 3 N–H and O–H groups in total. The lowest BCUT2D eigenvalue weighted by Gasteiger charge is -2.30. The monoisotopic (exact) mass is 320 g/mol. The van der Waals surface area contributed by atoms with Crippen molar-refractivity contribution in [3.8, 4) is 0 Å². The highest BCUT2D eigenvalue weighted by atomic mass is 16.3. The highest BCUT2D eigenvalue weighted by Crippen LogP contribution is 2.29. The van der Waals surface area contributed by atoms with E-state index < -0.39 is 0 Å². The van der Waals surface area contributed by atoms with Gasteiger partial charge in [-0.05, 0) is 50.8 Å². The van der Waals surface area contributed by atoms with Gasteiger partial charge >= 0.3 is 0 Å². The van der Waals surface area contributed by atoms with E-state index in [2.05, 4.69) is 57.4 Å². The molecule has 0 aliphatic rings. The van der Waals surface area contributed by atoms with E-state index in [1.807, 2.05) is 6.07 Å².